The van der Waals surface area contributed by atoms with Crippen LogP contribution < -0.4 is 0 Å². The average molecular weight is 178 g/mol. The topological polar surface area (TPSA) is 0 Å². The minimum absolute atomic E-state index is 0.650. The first-order valence-electron chi connectivity index (χ1n) is 5.70. The number of fused-ring (bicyclic) bond motifs is 2. The zero-order valence-corrected chi connectivity index (χ0v) is 9.38. The minimum Gasteiger partial charge on any atom is -0.0914 e. The van der Waals surface area contributed by atoms with Gasteiger partial charge in [-0.05, 0) is 48.9 Å². The van der Waals surface area contributed by atoms with Gasteiger partial charge >= 0.3 is 0 Å². The molecule has 4 atom stereocenters. The largest absolute Gasteiger partial charge is 0.0914 e. The van der Waals surface area contributed by atoms with E-state index in [1.165, 1.54) is 12.8 Å². The molecule has 3 aliphatic carbocycles. The summed E-state index contributed by atoms with van der Waals surface area (Å²) in [6, 6.07) is 0. The third-order valence-electron chi connectivity index (χ3n) is 4.85. The molecule has 0 heterocycles. The van der Waals surface area contributed by atoms with Crippen LogP contribution in [0.5, 0.6) is 0 Å². The fourth-order valence-corrected chi connectivity index (χ4v) is 3.69. The van der Waals surface area contributed by atoms with Crippen molar-refractivity contribution in [2.24, 2.45) is 29.1 Å². The molecule has 3 aliphatic rings. The number of allylic oxidation sites excluding steroid dienone is 2. The minimum atomic E-state index is 0.650. The van der Waals surface area contributed by atoms with E-state index in [0.29, 0.717) is 5.41 Å². The number of hydrogen-bond donors (Lipinski definition) is 0. The zero-order chi connectivity index (χ0) is 9.64. The van der Waals surface area contributed by atoms with E-state index in [0.717, 1.165) is 23.7 Å². The molecule has 3 fully saturated rings. The Hall–Kier alpha value is -0.260. The zero-order valence-electron chi connectivity index (χ0n) is 9.38. The van der Waals surface area contributed by atoms with Gasteiger partial charge in [0.1, 0.15) is 0 Å². The Morgan fingerprint density at radius 3 is 2.38 bits per heavy atom. The van der Waals surface area contributed by atoms with Gasteiger partial charge in [0.25, 0.3) is 0 Å². The van der Waals surface area contributed by atoms with Crippen molar-refractivity contribution in [3.05, 3.63) is 12.2 Å². The van der Waals surface area contributed by atoms with E-state index in [1.807, 2.05) is 0 Å². The SMILES string of the molecule is C/C=C\C1CC2CC(C1C)C2(C)C. The second kappa shape index (κ2) is 2.87. The van der Waals surface area contributed by atoms with Crippen LogP contribution in [0.15, 0.2) is 12.2 Å². The highest BCUT2D eigenvalue weighted by Gasteiger charge is 2.55. The fourth-order valence-electron chi connectivity index (χ4n) is 3.69. The third kappa shape index (κ3) is 1.18. The summed E-state index contributed by atoms with van der Waals surface area (Å²) >= 11 is 0. The summed E-state index contributed by atoms with van der Waals surface area (Å²) < 4.78 is 0. The Kier molecular flexibility index (Phi) is 2.05. The molecule has 2 bridgehead atoms. The molecule has 0 spiro atoms. The molecule has 0 amide bonds. The van der Waals surface area contributed by atoms with Crippen LogP contribution in [0.3, 0.4) is 0 Å². The first-order valence-corrected chi connectivity index (χ1v) is 5.70. The lowest BCUT2D eigenvalue weighted by atomic mass is 9.43. The Balaban J connectivity index is 2.12. The lowest BCUT2D eigenvalue weighted by Gasteiger charge is -2.61. The first kappa shape index (κ1) is 9.30. The lowest BCUT2D eigenvalue weighted by molar-refractivity contribution is -0.118. The van der Waals surface area contributed by atoms with E-state index in [9.17, 15) is 0 Å². The van der Waals surface area contributed by atoms with Gasteiger partial charge in [-0.1, -0.05) is 32.9 Å². The quantitative estimate of drug-likeness (QED) is 0.534. The Morgan fingerprint density at radius 2 is 1.92 bits per heavy atom. The van der Waals surface area contributed by atoms with Crippen LogP contribution >= 0.6 is 0 Å². The van der Waals surface area contributed by atoms with E-state index in [-0.39, 0.29) is 0 Å². The monoisotopic (exact) mass is 178 g/mol. The second-order valence-corrected chi connectivity index (χ2v) is 5.64. The van der Waals surface area contributed by atoms with Crippen molar-refractivity contribution in [2.75, 3.05) is 0 Å². The van der Waals surface area contributed by atoms with Crippen LogP contribution in [0.2, 0.25) is 0 Å². The standard InChI is InChI=1S/C13H22/c1-5-6-10-7-11-8-12(9(10)2)13(11,3)4/h5-6,9-12H,7-8H2,1-4H3/b6-5-. The molecule has 3 rings (SSSR count). The van der Waals surface area contributed by atoms with E-state index in [1.54, 1.807) is 0 Å². The van der Waals surface area contributed by atoms with Crippen molar-refractivity contribution in [3.63, 3.8) is 0 Å². The summed E-state index contributed by atoms with van der Waals surface area (Å²) in [5.74, 6) is 3.79. The van der Waals surface area contributed by atoms with Crippen molar-refractivity contribution in [1.82, 2.24) is 0 Å². The Morgan fingerprint density at radius 1 is 1.23 bits per heavy atom. The molecule has 74 valence electrons. The molecule has 0 N–H and O–H groups in total. The van der Waals surface area contributed by atoms with Gasteiger partial charge in [-0.2, -0.15) is 0 Å². The van der Waals surface area contributed by atoms with Crippen molar-refractivity contribution in [2.45, 2.75) is 40.5 Å². The molecule has 0 aromatic rings. The average Bonchev–Trinajstić information content (AvgIpc) is 2.08. The molecular weight excluding hydrogens is 156 g/mol. The molecule has 0 heteroatoms. The van der Waals surface area contributed by atoms with E-state index >= 15 is 0 Å². The Labute approximate surface area is 82.4 Å². The van der Waals surface area contributed by atoms with Gasteiger partial charge in [0, 0.05) is 0 Å². The van der Waals surface area contributed by atoms with E-state index in [2.05, 4.69) is 39.8 Å². The molecule has 0 nitrogen and oxygen atoms in total. The van der Waals surface area contributed by atoms with Gasteiger partial charge in [-0.25, -0.2) is 0 Å². The summed E-state index contributed by atoms with van der Waals surface area (Å²) in [6.07, 6.45) is 7.61. The van der Waals surface area contributed by atoms with Gasteiger partial charge in [0.05, 0.1) is 0 Å². The molecular formula is C13H22. The van der Waals surface area contributed by atoms with Crippen LogP contribution in [0.4, 0.5) is 0 Å². The first-order chi connectivity index (χ1) is 6.07. The normalized spacial score (nSPS) is 47.7. The van der Waals surface area contributed by atoms with Crippen LogP contribution in [0, 0.1) is 29.1 Å². The Bertz CT molecular complexity index is 224. The number of hydrogen-bond acceptors (Lipinski definition) is 0. The highest BCUT2D eigenvalue weighted by atomic mass is 14.6. The van der Waals surface area contributed by atoms with Crippen molar-refractivity contribution in [1.29, 1.82) is 0 Å². The van der Waals surface area contributed by atoms with Gasteiger partial charge < -0.3 is 0 Å². The summed E-state index contributed by atoms with van der Waals surface area (Å²) in [6.45, 7) is 9.53. The molecule has 13 heavy (non-hydrogen) atoms. The third-order valence-corrected chi connectivity index (χ3v) is 4.85. The van der Waals surface area contributed by atoms with Crippen molar-refractivity contribution in [3.8, 4) is 0 Å². The van der Waals surface area contributed by atoms with E-state index in [4.69, 9.17) is 0 Å². The lowest BCUT2D eigenvalue weighted by Crippen LogP contribution is -2.54. The maximum absolute atomic E-state index is 2.47. The fraction of sp³-hybridized carbons (Fsp3) is 0.846. The smallest absolute Gasteiger partial charge is 0.0202 e. The van der Waals surface area contributed by atoms with Crippen molar-refractivity contribution < 1.29 is 0 Å². The summed E-state index contributed by atoms with van der Waals surface area (Å²) in [4.78, 5) is 0. The molecule has 3 saturated carbocycles. The number of rotatable bonds is 1. The molecule has 0 aromatic heterocycles. The van der Waals surface area contributed by atoms with Crippen LogP contribution in [-0.2, 0) is 0 Å². The van der Waals surface area contributed by atoms with Gasteiger partial charge in [0.15, 0.2) is 0 Å². The highest BCUT2D eigenvalue weighted by Crippen LogP contribution is 2.63. The summed E-state index contributed by atoms with van der Waals surface area (Å²) in [5.41, 5.74) is 0.650. The second-order valence-electron chi connectivity index (χ2n) is 5.64. The molecule has 4 unspecified atom stereocenters. The van der Waals surface area contributed by atoms with Gasteiger partial charge in [-0.3, -0.25) is 0 Å². The summed E-state index contributed by atoms with van der Waals surface area (Å²) in [5, 5.41) is 0. The predicted molar refractivity (Wildman–Crippen MR) is 57.5 cm³/mol. The van der Waals surface area contributed by atoms with Gasteiger partial charge in [0.2, 0.25) is 0 Å². The van der Waals surface area contributed by atoms with Gasteiger partial charge in [-0.15, -0.1) is 0 Å². The van der Waals surface area contributed by atoms with Crippen LogP contribution in [0.1, 0.15) is 40.5 Å². The van der Waals surface area contributed by atoms with Crippen LogP contribution in [0.25, 0.3) is 0 Å². The summed E-state index contributed by atoms with van der Waals surface area (Å²) in [7, 11) is 0. The maximum atomic E-state index is 2.47. The molecule has 0 radical (unpaired) electrons. The molecule has 0 saturated heterocycles. The highest BCUT2D eigenvalue weighted by molar-refractivity contribution is 5.08. The molecule has 0 aliphatic heterocycles. The van der Waals surface area contributed by atoms with E-state index < -0.39 is 0 Å². The molecule has 0 aromatic carbocycles. The van der Waals surface area contributed by atoms with Crippen LogP contribution in [-0.4, -0.2) is 0 Å². The predicted octanol–water partition coefficient (Wildman–Crippen LogP) is 3.88. The van der Waals surface area contributed by atoms with Crippen molar-refractivity contribution >= 4 is 0 Å². The maximum Gasteiger partial charge on any atom is -0.0202 e.